The van der Waals surface area contributed by atoms with Crippen molar-refractivity contribution in [1.29, 1.82) is 0 Å². The van der Waals surface area contributed by atoms with Crippen LogP contribution in [0.15, 0.2) is 22.7 Å². The van der Waals surface area contributed by atoms with Crippen molar-refractivity contribution >= 4 is 37.4 Å². The van der Waals surface area contributed by atoms with Gasteiger partial charge in [0.25, 0.3) is 0 Å². The van der Waals surface area contributed by atoms with Crippen molar-refractivity contribution in [3.05, 3.63) is 28.2 Å². The summed E-state index contributed by atoms with van der Waals surface area (Å²) in [5.41, 5.74) is 0.739. The summed E-state index contributed by atoms with van der Waals surface area (Å²) in [7, 11) is -2.97. The number of rotatable bonds is 2. The Hall–Kier alpha value is -1.08. The van der Waals surface area contributed by atoms with Gasteiger partial charge in [0.15, 0.2) is 9.84 Å². The van der Waals surface area contributed by atoms with Gasteiger partial charge in [-0.3, -0.25) is 0 Å². The van der Waals surface area contributed by atoms with E-state index in [1.54, 1.807) is 23.1 Å². The predicted octanol–water partition coefficient (Wildman–Crippen LogP) is 1.38. The van der Waals surface area contributed by atoms with Gasteiger partial charge in [-0.15, -0.1) is 0 Å². The minimum atomic E-state index is -2.97. The molecule has 0 unspecified atom stereocenters. The molecule has 0 saturated carbocycles. The van der Waals surface area contributed by atoms with E-state index in [0.717, 1.165) is 0 Å². The van der Waals surface area contributed by atoms with Crippen LogP contribution in [0.5, 0.6) is 0 Å². The number of nitrogens with zero attached hydrogens (tertiary/aromatic N) is 1. The van der Waals surface area contributed by atoms with E-state index in [4.69, 9.17) is 0 Å². The molecule has 2 rings (SSSR count). The van der Waals surface area contributed by atoms with Crippen LogP contribution in [0.1, 0.15) is 10.4 Å². The van der Waals surface area contributed by atoms with Crippen molar-refractivity contribution in [2.24, 2.45) is 0 Å². The maximum absolute atomic E-state index is 11.4. The number of hydrogen-bond donors (Lipinski definition) is 1. The number of carboxylic acids is 1. The summed E-state index contributed by atoms with van der Waals surface area (Å²) in [6.45, 7) is 0.665. The van der Waals surface area contributed by atoms with Crippen molar-refractivity contribution in [1.82, 2.24) is 0 Å². The van der Waals surface area contributed by atoms with E-state index in [1.165, 1.54) is 0 Å². The first kappa shape index (κ1) is 13.4. The van der Waals surface area contributed by atoms with Crippen molar-refractivity contribution in [3.63, 3.8) is 0 Å². The van der Waals surface area contributed by atoms with Crippen LogP contribution in [0.2, 0.25) is 0 Å². The molecule has 0 amide bonds. The summed E-state index contributed by atoms with van der Waals surface area (Å²) < 4.78 is 23.2. The highest BCUT2D eigenvalue weighted by atomic mass is 79.9. The number of aromatic carboxylic acids is 1. The molecule has 1 aromatic rings. The fraction of sp³-hybridized carbons (Fsp3) is 0.364. The molecule has 0 aromatic heterocycles. The Labute approximate surface area is 113 Å². The summed E-state index contributed by atoms with van der Waals surface area (Å²) in [6.07, 6.45) is 0. The Morgan fingerprint density at radius 1 is 1.28 bits per heavy atom. The molecule has 98 valence electrons. The van der Waals surface area contributed by atoms with E-state index in [2.05, 4.69) is 15.9 Å². The lowest BCUT2D eigenvalue weighted by atomic mass is 10.1. The van der Waals surface area contributed by atoms with Crippen LogP contribution in [-0.4, -0.2) is 44.1 Å². The smallest absolute Gasteiger partial charge is 0.338 e. The van der Waals surface area contributed by atoms with Gasteiger partial charge in [0.1, 0.15) is 0 Å². The van der Waals surface area contributed by atoms with E-state index in [1.807, 2.05) is 0 Å². The van der Waals surface area contributed by atoms with Gasteiger partial charge in [0.2, 0.25) is 0 Å². The molecule has 1 aliphatic rings. The molecular weight excluding hydrogens is 322 g/mol. The average Bonchev–Trinajstić information content (AvgIpc) is 2.28. The molecule has 1 fully saturated rings. The molecule has 0 bridgehead atoms. The van der Waals surface area contributed by atoms with Crippen LogP contribution in [0.25, 0.3) is 0 Å². The first-order chi connectivity index (χ1) is 8.41. The Morgan fingerprint density at radius 3 is 2.44 bits per heavy atom. The summed E-state index contributed by atoms with van der Waals surface area (Å²) in [4.78, 5) is 13.0. The van der Waals surface area contributed by atoms with E-state index in [-0.39, 0.29) is 17.1 Å². The van der Waals surface area contributed by atoms with Gasteiger partial charge < -0.3 is 10.0 Å². The molecule has 1 N–H and O–H groups in total. The Kier molecular flexibility index (Phi) is 3.63. The normalized spacial score (nSPS) is 18.6. The SMILES string of the molecule is O=C(O)c1c(Br)cccc1N1CCS(=O)(=O)CC1. The molecule has 1 aromatic carbocycles. The third-order valence-electron chi connectivity index (χ3n) is 2.89. The third kappa shape index (κ3) is 2.67. The Bertz CT molecular complexity index is 571. The van der Waals surface area contributed by atoms with Gasteiger partial charge in [-0.1, -0.05) is 6.07 Å². The first-order valence-electron chi connectivity index (χ1n) is 5.38. The summed E-state index contributed by atoms with van der Waals surface area (Å²) in [6, 6.07) is 5.11. The predicted molar refractivity (Wildman–Crippen MR) is 72.0 cm³/mol. The largest absolute Gasteiger partial charge is 0.478 e. The van der Waals surface area contributed by atoms with E-state index in [0.29, 0.717) is 23.2 Å². The Morgan fingerprint density at radius 2 is 1.89 bits per heavy atom. The molecular formula is C11H12BrNO4S. The van der Waals surface area contributed by atoms with Crippen molar-refractivity contribution in [2.75, 3.05) is 29.5 Å². The number of hydrogen-bond acceptors (Lipinski definition) is 4. The fourth-order valence-corrected chi connectivity index (χ4v) is 3.67. The van der Waals surface area contributed by atoms with Crippen LogP contribution >= 0.6 is 15.9 Å². The van der Waals surface area contributed by atoms with Crippen LogP contribution in [0.4, 0.5) is 5.69 Å². The average molecular weight is 334 g/mol. The van der Waals surface area contributed by atoms with Crippen LogP contribution in [-0.2, 0) is 9.84 Å². The second-order valence-electron chi connectivity index (χ2n) is 4.08. The van der Waals surface area contributed by atoms with E-state index in [9.17, 15) is 18.3 Å². The van der Waals surface area contributed by atoms with Gasteiger partial charge in [-0.25, -0.2) is 13.2 Å². The van der Waals surface area contributed by atoms with Gasteiger partial charge in [0.05, 0.1) is 22.8 Å². The highest BCUT2D eigenvalue weighted by Gasteiger charge is 2.25. The molecule has 1 aliphatic heterocycles. The number of benzene rings is 1. The molecule has 0 radical (unpaired) electrons. The molecule has 0 atom stereocenters. The molecule has 5 nitrogen and oxygen atoms in total. The lowest BCUT2D eigenvalue weighted by molar-refractivity contribution is 0.0696. The lowest BCUT2D eigenvalue weighted by Gasteiger charge is -2.30. The van der Waals surface area contributed by atoms with Crippen LogP contribution < -0.4 is 4.90 Å². The maximum Gasteiger partial charge on any atom is 0.338 e. The Balaban J connectivity index is 2.35. The minimum absolute atomic E-state index is 0.0680. The fourth-order valence-electron chi connectivity index (χ4n) is 1.94. The van der Waals surface area contributed by atoms with Crippen molar-refractivity contribution < 1.29 is 18.3 Å². The second-order valence-corrected chi connectivity index (χ2v) is 7.24. The number of halogens is 1. The van der Waals surface area contributed by atoms with Crippen molar-refractivity contribution in [3.8, 4) is 0 Å². The van der Waals surface area contributed by atoms with Gasteiger partial charge in [-0.05, 0) is 28.1 Å². The van der Waals surface area contributed by atoms with Gasteiger partial charge >= 0.3 is 5.97 Å². The quantitative estimate of drug-likeness (QED) is 0.884. The second kappa shape index (κ2) is 4.89. The summed E-state index contributed by atoms with van der Waals surface area (Å²) >= 11 is 3.21. The summed E-state index contributed by atoms with van der Waals surface area (Å²) in [5.74, 6) is -0.886. The molecule has 0 spiro atoms. The number of carbonyl (C=O) groups is 1. The number of carboxylic acid groups (broad SMARTS) is 1. The molecule has 0 aliphatic carbocycles. The zero-order valence-corrected chi connectivity index (χ0v) is 11.9. The first-order valence-corrected chi connectivity index (χ1v) is 7.99. The zero-order valence-electron chi connectivity index (χ0n) is 9.47. The third-order valence-corrected chi connectivity index (χ3v) is 5.16. The number of sulfone groups is 1. The molecule has 18 heavy (non-hydrogen) atoms. The lowest BCUT2D eigenvalue weighted by Crippen LogP contribution is -2.41. The van der Waals surface area contributed by atoms with E-state index >= 15 is 0 Å². The molecule has 1 saturated heterocycles. The van der Waals surface area contributed by atoms with Gasteiger partial charge in [-0.2, -0.15) is 0 Å². The monoisotopic (exact) mass is 333 g/mol. The number of anilines is 1. The highest BCUT2D eigenvalue weighted by Crippen LogP contribution is 2.28. The minimum Gasteiger partial charge on any atom is -0.478 e. The maximum atomic E-state index is 11.4. The zero-order chi connectivity index (χ0) is 13.3. The highest BCUT2D eigenvalue weighted by molar-refractivity contribution is 9.10. The van der Waals surface area contributed by atoms with Crippen molar-refractivity contribution in [2.45, 2.75) is 0 Å². The van der Waals surface area contributed by atoms with Gasteiger partial charge in [0, 0.05) is 17.6 Å². The standard InChI is InChI=1S/C11H12BrNO4S/c12-8-2-1-3-9(10(8)11(14)15)13-4-6-18(16,17)7-5-13/h1-3H,4-7H2,(H,14,15). The van der Waals surface area contributed by atoms with Crippen LogP contribution in [0, 0.1) is 0 Å². The van der Waals surface area contributed by atoms with Crippen LogP contribution in [0.3, 0.4) is 0 Å². The molecule has 7 heteroatoms. The van der Waals surface area contributed by atoms with E-state index < -0.39 is 15.8 Å². The molecule has 1 heterocycles. The summed E-state index contributed by atoms with van der Waals surface area (Å²) in [5, 5.41) is 9.20. The topological polar surface area (TPSA) is 74.7 Å².